The lowest BCUT2D eigenvalue weighted by Gasteiger charge is -2.25. The van der Waals surface area contributed by atoms with Gasteiger partial charge in [-0.15, -0.1) is 11.3 Å². The Labute approximate surface area is 109 Å². The molecule has 0 radical (unpaired) electrons. The molecule has 0 amide bonds. The number of nitrogens with zero attached hydrogens (tertiary/aromatic N) is 3. The van der Waals surface area contributed by atoms with Crippen LogP contribution in [0.15, 0.2) is 9.90 Å². The van der Waals surface area contributed by atoms with Crippen LogP contribution in [-0.4, -0.2) is 22.2 Å². The summed E-state index contributed by atoms with van der Waals surface area (Å²) in [6, 6.07) is 0. The van der Waals surface area contributed by atoms with E-state index in [1.165, 1.54) is 11.3 Å². The molecule has 0 fully saturated rings. The Morgan fingerprint density at radius 2 is 2.11 bits per heavy atom. The van der Waals surface area contributed by atoms with Gasteiger partial charge in [0.25, 0.3) is 5.89 Å². The number of nitrogen functional groups attached to an aromatic ring is 1. The molecule has 0 unspecified atom stereocenters. The normalized spacial score (nSPS) is 11.9. The van der Waals surface area contributed by atoms with Crippen LogP contribution < -0.4 is 5.73 Å². The molecule has 0 saturated carbocycles. The molecule has 0 aliphatic rings. The molecule has 0 aliphatic heterocycles. The summed E-state index contributed by atoms with van der Waals surface area (Å²) in [4.78, 5) is 8.48. The van der Waals surface area contributed by atoms with Crippen molar-refractivity contribution in [3.05, 3.63) is 11.2 Å². The van der Waals surface area contributed by atoms with Crippen molar-refractivity contribution >= 4 is 16.5 Å². The van der Waals surface area contributed by atoms with E-state index in [0.717, 1.165) is 12.8 Å². The Hall–Kier alpha value is -1.47. The largest absolute Gasteiger partial charge is 0.375 e. The molecule has 0 aliphatic carbocycles. The van der Waals surface area contributed by atoms with Gasteiger partial charge in [0.05, 0.1) is 0 Å². The van der Waals surface area contributed by atoms with Gasteiger partial charge in [0.1, 0.15) is 11.3 Å². The van der Waals surface area contributed by atoms with Gasteiger partial charge in [-0.3, -0.25) is 0 Å². The van der Waals surface area contributed by atoms with Crippen molar-refractivity contribution < 1.29 is 9.26 Å². The minimum atomic E-state index is -0.497. The lowest BCUT2D eigenvalue weighted by atomic mass is 9.96. The second kappa shape index (κ2) is 5.03. The Morgan fingerprint density at radius 3 is 2.61 bits per heavy atom. The van der Waals surface area contributed by atoms with E-state index < -0.39 is 5.60 Å². The summed E-state index contributed by atoms with van der Waals surface area (Å²) in [5.74, 6) is 0.929. The van der Waals surface area contributed by atoms with Crippen LogP contribution in [0.4, 0.5) is 5.13 Å². The van der Waals surface area contributed by atoms with Crippen molar-refractivity contribution in [2.75, 3.05) is 12.8 Å². The minimum Gasteiger partial charge on any atom is -0.375 e. The van der Waals surface area contributed by atoms with Gasteiger partial charge >= 0.3 is 0 Å². The van der Waals surface area contributed by atoms with Crippen molar-refractivity contribution in [3.8, 4) is 11.6 Å². The average Bonchev–Trinajstić information content (AvgIpc) is 3.01. The van der Waals surface area contributed by atoms with Gasteiger partial charge in [-0.05, 0) is 12.8 Å². The first-order chi connectivity index (χ1) is 8.65. The molecule has 18 heavy (non-hydrogen) atoms. The molecule has 2 aromatic rings. The Kier molecular flexibility index (Phi) is 3.63. The predicted molar refractivity (Wildman–Crippen MR) is 69.1 cm³/mol. The van der Waals surface area contributed by atoms with E-state index in [1.54, 1.807) is 12.5 Å². The summed E-state index contributed by atoms with van der Waals surface area (Å²) in [6.07, 6.45) is 1.55. The number of thiazole rings is 1. The Bertz CT molecular complexity index is 510. The fourth-order valence-electron chi connectivity index (χ4n) is 1.84. The quantitative estimate of drug-likeness (QED) is 0.896. The summed E-state index contributed by atoms with van der Waals surface area (Å²) in [7, 11) is 1.66. The maximum Gasteiger partial charge on any atom is 0.277 e. The molecule has 2 aromatic heterocycles. The zero-order valence-electron chi connectivity index (χ0n) is 10.6. The van der Waals surface area contributed by atoms with Crippen LogP contribution in [0.1, 0.15) is 32.5 Å². The molecule has 2 heterocycles. The van der Waals surface area contributed by atoms with Crippen LogP contribution in [0, 0.1) is 0 Å². The number of hydrogen-bond donors (Lipinski definition) is 1. The van der Waals surface area contributed by atoms with Gasteiger partial charge in [0, 0.05) is 12.5 Å². The van der Waals surface area contributed by atoms with Gasteiger partial charge in [-0.25, -0.2) is 4.98 Å². The molecule has 0 atom stereocenters. The molecule has 2 rings (SSSR count). The number of methoxy groups -OCH3 is 1. The van der Waals surface area contributed by atoms with Crippen LogP contribution >= 0.6 is 11.3 Å². The fourth-order valence-corrected chi connectivity index (χ4v) is 2.38. The molecule has 0 aromatic carbocycles. The van der Waals surface area contributed by atoms with E-state index in [-0.39, 0.29) is 0 Å². The Morgan fingerprint density at radius 1 is 1.39 bits per heavy atom. The number of nitrogens with two attached hydrogens (primary N) is 1. The second-order valence-electron chi connectivity index (χ2n) is 3.90. The average molecular weight is 268 g/mol. The zero-order chi connectivity index (χ0) is 13.2. The van der Waals surface area contributed by atoms with Gasteiger partial charge in [0.2, 0.25) is 5.82 Å². The molecule has 6 nitrogen and oxygen atoms in total. The lowest BCUT2D eigenvalue weighted by Crippen LogP contribution is -2.28. The van der Waals surface area contributed by atoms with Crippen LogP contribution in [0.2, 0.25) is 0 Å². The standard InChI is InChI=1S/C11H16N4O2S/c1-4-11(5-2,16-3)9-14-8(17-15-9)7-6-18-10(12)13-7/h6H,4-5H2,1-3H3,(H2,12,13). The van der Waals surface area contributed by atoms with Crippen LogP contribution in [0.3, 0.4) is 0 Å². The minimum absolute atomic E-state index is 0.376. The van der Waals surface area contributed by atoms with Gasteiger partial charge in [0.15, 0.2) is 5.13 Å². The van der Waals surface area contributed by atoms with Crippen molar-refractivity contribution in [3.63, 3.8) is 0 Å². The third kappa shape index (κ3) is 2.11. The third-order valence-electron chi connectivity index (χ3n) is 3.11. The third-order valence-corrected chi connectivity index (χ3v) is 3.78. The molecular weight excluding hydrogens is 252 g/mol. The predicted octanol–water partition coefficient (Wildman–Crippen LogP) is 2.44. The summed E-state index contributed by atoms with van der Waals surface area (Å²) in [6.45, 7) is 4.06. The topological polar surface area (TPSA) is 87.1 Å². The van der Waals surface area contributed by atoms with Crippen LogP contribution in [0.5, 0.6) is 0 Å². The first-order valence-corrected chi connectivity index (χ1v) is 6.64. The second-order valence-corrected chi connectivity index (χ2v) is 4.79. The number of anilines is 1. The smallest absolute Gasteiger partial charge is 0.277 e. The molecule has 98 valence electrons. The van der Waals surface area contributed by atoms with E-state index in [2.05, 4.69) is 15.1 Å². The highest BCUT2D eigenvalue weighted by molar-refractivity contribution is 7.13. The molecular formula is C11H16N4O2S. The fraction of sp³-hybridized carbons (Fsp3) is 0.545. The van der Waals surface area contributed by atoms with Crippen molar-refractivity contribution in [2.24, 2.45) is 0 Å². The number of rotatable bonds is 5. The Balaban J connectivity index is 2.35. The van der Waals surface area contributed by atoms with Crippen molar-refractivity contribution in [1.29, 1.82) is 0 Å². The highest BCUT2D eigenvalue weighted by atomic mass is 32.1. The first-order valence-electron chi connectivity index (χ1n) is 5.76. The molecule has 2 N–H and O–H groups in total. The number of ether oxygens (including phenoxy) is 1. The van der Waals surface area contributed by atoms with Crippen molar-refractivity contribution in [1.82, 2.24) is 15.1 Å². The van der Waals surface area contributed by atoms with E-state index >= 15 is 0 Å². The number of hydrogen-bond acceptors (Lipinski definition) is 7. The number of aromatic nitrogens is 3. The zero-order valence-corrected chi connectivity index (χ0v) is 11.5. The van der Waals surface area contributed by atoms with Crippen LogP contribution in [-0.2, 0) is 10.3 Å². The van der Waals surface area contributed by atoms with Crippen LogP contribution in [0.25, 0.3) is 11.6 Å². The van der Waals surface area contributed by atoms with E-state index in [1.807, 2.05) is 13.8 Å². The highest BCUT2D eigenvalue weighted by Crippen LogP contribution is 2.32. The maximum atomic E-state index is 5.58. The maximum absolute atomic E-state index is 5.58. The summed E-state index contributed by atoms with van der Waals surface area (Å²) in [5.41, 5.74) is 5.69. The SMILES string of the molecule is CCC(CC)(OC)c1noc(-c2csc(N)n2)n1. The first kappa shape index (κ1) is 13.0. The monoisotopic (exact) mass is 268 g/mol. The molecule has 0 saturated heterocycles. The van der Waals surface area contributed by atoms with E-state index in [0.29, 0.717) is 22.5 Å². The molecule has 7 heteroatoms. The summed E-state index contributed by atoms with van der Waals surface area (Å²) in [5, 5.41) is 6.27. The van der Waals surface area contributed by atoms with Gasteiger partial charge < -0.3 is 15.0 Å². The van der Waals surface area contributed by atoms with E-state index in [9.17, 15) is 0 Å². The summed E-state index contributed by atoms with van der Waals surface area (Å²) < 4.78 is 10.8. The van der Waals surface area contributed by atoms with E-state index in [4.69, 9.17) is 15.0 Å². The molecule has 0 bridgehead atoms. The van der Waals surface area contributed by atoms with Gasteiger partial charge in [-0.1, -0.05) is 19.0 Å². The molecule has 0 spiro atoms. The summed E-state index contributed by atoms with van der Waals surface area (Å²) >= 11 is 1.34. The van der Waals surface area contributed by atoms with Gasteiger partial charge in [-0.2, -0.15) is 4.98 Å². The lowest BCUT2D eigenvalue weighted by molar-refractivity contribution is -0.0306. The van der Waals surface area contributed by atoms with Crippen molar-refractivity contribution in [2.45, 2.75) is 32.3 Å². The highest BCUT2D eigenvalue weighted by Gasteiger charge is 2.34.